The van der Waals surface area contributed by atoms with Crippen LogP contribution < -0.4 is 16.2 Å². The first-order valence-electron chi connectivity index (χ1n) is 6.44. The minimum atomic E-state index is -0.331. The lowest BCUT2D eigenvalue weighted by molar-refractivity contribution is -0.783. The Morgan fingerprint density at radius 1 is 1.19 bits per heavy atom. The Balaban J connectivity index is 1.89. The monoisotopic (exact) mass is 280 g/mol. The molecule has 0 fully saturated rings. The van der Waals surface area contributed by atoms with Gasteiger partial charge >= 0.3 is 0 Å². The van der Waals surface area contributed by atoms with Crippen LogP contribution in [0.1, 0.15) is 0 Å². The zero-order valence-corrected chi connectivity index (χ0v) is 10.9. The third kappa shape index (κ3) is 1.83. The summed E-state index contributed by atoms with van der Waals surface area (Å²) < 4.78 is 0. The van der Waals surface area contributed by atoms with Gasteiger partial charge in [0.1, 0.15) is 11.3 Å². The van der Waals surface area contributed by atoms with Gasteiger partial charge < -0.3 is 21.2 Å². The minimum Gasteiger partial charge on any atom is -0.601 e. The molecular formula is C14H12N6O. The number of hydrogen-bond donors (Lipinski definition) is 4. The van der Waals surface area contributed by atoms with Gasteiger partial charge in [-0.15, -0.1) is 0 Å². The van der Waals surface area contributed by atoms with Crippen molar-refractivity contribution in [1.82, 2.24) is 9.97 Å². The smallest absolute Gasteiger partial charge is 0.252 e. The Bertz CT molecular complexity index is 869. The molecule has 1 aliphatic heterocycles. The molecule has 3 aromatic rings. The second-order valence-electron chi connectivity index (χ2n) is 4.79. The van der Waals surface area contributed by atoms with E-state index in [4.69, 9.17) is 5.73 Å². The summed E-state index contributed by atoms with van der Waals surface area (Å²) >= 11 is 0. The molecule has 5 N–H and O–H groups in total. The Labute approximate surface area is 119 Å². The number of anilines is 1. The SMILES string of the molecule is NC1=N[NH+]([O-])c2cc(-c3ccnc4[nH]ccc34)ccc2N1. The maximum atomic E-state index is 12.0. The van der Waals surface area contributed by atoms with Crippen molar-refractivity contribution in [3.63, 3.8) is 0 Å². The average molecular weight is 280 g/mol. The van der Waals surface area contributed by atoms with E-state index < -0.39 is 0 Å². The van der Waals surface area contributed by atoms with Crippen molar-refractivity contribution in [1.29, 1.82) is 0 Å². The highest BCUT2D eigenvalue weighted by molar-refractivity contribution is 5.98. The quantitative estimate of drug-likeness (QED) is 0.497. The second-order valence-corrected chi connectivity index (χ2v) is 4.79. The third-order valence-corrected chi connectivity index (χ3v) is 3.51. The highest BCUT2D eigenvalue weighted by Crippen LogP contribution is 2.31. The number of aromatic nitrogens is 2. The lowest BCUT2D eigenvalue weighted by Gasteiger charge is -2.23. The molecular weight excluding hydrogens is 268 g/mol. The summed E-state index contributed by atoms with van der Waals surface area (Å²) in [6.45, 7) is 0. The van der Waals surface area contributed by atoms with Crippen molar-refractivity contribution in [2.45, 2.75) is 0 Å². The number of H-pyrrole nitrogens is 1. The number of quaternary nitrogens is 1. The van der Waals surface area contributed by atoms with Crippen molar-refractivity contribution in [3.05, 3.63) is 47.9 Å². The molecule has 1 unspecified atom stereocenters. The van der Waals surface area contributed by atoms with Crippen LogP contribution in [0.4, 0.5) is 11.4 Å². The Morgan fingerprint density at radius 2 is 2.10 bits per heavy atom. The van der Waals surface area contributed by atoms with E-state index in [1.807, 2.05) is 36.5 Å². The summed E-state index contributed by atoms with van der Waals surface area (Å²) in [5.41, 5.74) is 9.51. The van der Waals surface area contributed by atoms with E-state index in [0.29, 0.717) is 11.4 Å². The standard InChI is InChI=1S/C14H12N6O/c15-14-18-11-2-1-8(7-12(11)20(21)19-14)9-3-5-16-13-10(9)4-6-17-13/h1-7,20H,(H,16,17)(H3,15,18,19). The largest absolute Gasteiger partial charge is 0.601 e. The molecule has 7 heteroatoms. The van der Waals surface area contributed by atoms with Crippen molar-refractivity contribution in [2.24, 2.45) is 10.8 Å². The van der Waals surface area contributed by atoms with Gasteiger partial charge in [0.2, 0.25) is 0 Å². The van der Waals surface area contributed by atoms with Crippen LogP contribution >= 0.6 is 0 Å². The van der Waals surface area contributed by atoms with Crippen LogP contribution in [0.25, 0.3) is 22.2 Å². The Kier molecular flexibility index (Phi) is 2.44. The first-order valence-corrected chi connectivity index (χ1v) is 6.44. The number of nitrogens with two attached hydrogens (primary N) is 1. The minimum absolute atomic E-state index is 0.122. The van der Waals surface area contributed by atoms with E-state index in [0.717, 1.165) is 22.2 Å². The average Bonchev–Trinajstić information content (AvgIpc) is 2.95. The molecule has 7 nitrogen and oxygen atoms in total. The van der Waals surface area contributed by atoms with Crippen molar-refractivity contribution in [2.75, 3.05) is 5.32 Å². The molecule has 1 aliphatic rings. The van der Waals surface area contributed by atoms with Gasteiger partial charge in [0, 0.05) is 23.8 Å². The zero-order valence-electron chi connectivity index (χ0n) is 10.9. The third-order valence-electron chi connectivity index (χ3n) is 3.51. The van der Waals surface area contributed by atoms with Gasteiger partial charge in [-0.25, -0.2) is 10.2 Å². The van der Waals surface area contributed by atoms with Gasteiger partial charge in [0.25, 0.3) is 5.96 Å². The number of rotatable bonds is 1. The molecule has 0 spiro atoms. The van der Waals surface area contributed by atoms with E-state index in [-0.39, 0.29) is 11.1 Å². The van der Waals surface area contributed by atoms with Gasteiger partial charge in [-0.1, -0.05) is 6.07 Å². The molecule has 4 rings (SSSR count). The molecule has 3 heterocycles. The van der Waals surface area contributed by atoms with Gasteiger partial charge in [0.15, 0.2) is 5.69 Å². The van der Waals surface area contributed by atoms with Crippen LogP contribution in [0.3, 0.4) is 0 Å². The summed E-state index contributed by atoms with van der Waals surface area (Å²) in [6.07, 6.45) is 3.58. The summed E-state index contributed by atoms with van der Waals surface area (Å²) in [7, 11) is 0. The summed E-state index contributed by atoms with van der Waals surface area (Å²) in [5.74, 6) is 0.122. The van der Waals surface area contributed by atoms with Gasteiger partial charge in [-0.05, 0) is 34.4 Å². The molecule has 0 amide bonds. The molecule has 2 aromatic heterocycles. The summed E-state index contributed by atoms with van der Waals surface area (Å²) in [6, 6.07) is 9.49. The van der Waals surface area contributed by atoms with Crippen LogP contribution in [0, 0.1) is 5.21 Å². The van der Waals surface area contributed by atoms with Crippen molar-refractivity contribution >= 4 is 28.4 Å². The second kappa shape index (κ2) is 4.30. The van der Waals surface area contributed by atoms with E-state index in [2.05, 4.69) is 20.4 Å². The highest BCUT2D eigenvalue weighted by Gasteiger charge is 2.18. The van der Waals surface area contributed by atoms with Crippen LogP contribution in [0.5, 0.6) is 0 Å². The topological polar surface area (TPSA) is 107 Å². The first-order chi connectivity index (χ1) is 10.2. The Morgan fingerprint density at radius 3 is 3.00 bits per heavy atom. The number of pyridine rings is 1. The van der Waals surface area contributed by atoms with Gasteiger partial charge in [0.05, 0.1) is 0 Å². The lowest BCUT2D eigenvalue weighted by atomic mass is 10.0. The predicted octanol–water partition coefficient (Wildman–Crippen LogP) is 0.899. The van der Waals surface area contributed by atoms with Crippen molar-refractivity contribution < 1.29 is 5.17 Å². The number of nitrogens with zero attached hydrogens (tertiary/aromatic N) is 2. The zero-order chi connectivity index (χ0) is 14.4. The van der Waals surface area contributed by atoms with Crippen LogP contribution in [-0.4, -0.2) is 15.9 Å². The molecule has 0 aliphatic carbocycles. The first kappa shape index (κ1) is 11.9. The molecule has 104 valence electrons. The highest BCUT2D eigenvalue weighted by atomic mass is 16.5. The molecule has 0 bridgehead atoms. The predicted molar refractivity (Wildman–Crippen MR) is 80.8 cm³/mol. The van der Waals surface area contributed by atoms with E-state index in [1.54, 1.807) is 6.20 Å². The maximum Gasteiger partial charge on any atom is 0.252 e. The van der Waals surface area contributed by atoms with Gasteiger partial charge in [-0.3, -0.25) is 0 Å². The van der Waals surface area contributed by atoms with Crippen molar-refractivity contribution in [3.8, 4) is 11.1 Å². The van der Waals surface area contributed by atoms with Crippen LogP contribution in [0.15, 0.2) is 47.8 Å². The fourth-order valence-electron chi connectivity index (χ4n) is 2.55. The maximum absolute atomic E-state index is 12.0. The number of benzene rings is 1. The van der Waals surface area contributed by atoms with E-state index >= 15 is 0 Å². The van der Waals surface area contributed by atoms with Crippen LogP contribution in [-0.2, 0) is 0 Å². The number of hydrogen-bond acceptors (Lipinski definition) is 5. The molecule has 0 saturated heterocycles. The molecule has 0 saturated carbocycles. The lowest BCUT2D eigenvalue weighted by Crippen LogP contribution is -2.98. The number of nitrogens with one attached hydrogen (secondary N) is 3. The van der Waals surface area contributed by atoms with Gasteiger partial charge in [-0.2, -0.15) is 0 Å². The number of aromatic amines is 1. The normalized spacial score (nSPS) is 17.2. The van der Waals surface area contributed by atoms with Crippen LogP contribution in [0.2, 0.25) is 0 Å². The molecule has 0 radical (unpaired) electrons. The Hall–Kier alpha value is -2.90. The summed E-state index contributed by atoms with van der Waals surface area (Å²) in [4.78, 5) is 7.34. The number of guanidine groups is 1. The van der Waals surface area contributed by atoms with E-state index in [1.165, 1.54) is 0 Å². The molecule has 21 heavy (non-hydrogen) atoms. The fourth-order valence-corrected chi connectivity index (χ4v) is 2.55. The fraction of sp³-hybridized carbons (Fsp3) is 0. The molecule has 1 atom stereocenters. The summed E-state index contributed by atoms with van der Waals surface area (Å²) in [5, 5.41) is 19.3. The van der Waals surface area contributed by atoms with E-state index in [9.17, 15) is 5.21 Å². The number of fused-ring (bicyclic) bond motifs is 2. The molecule has 1 aromatic carbocycles.